The van der Waals surface area contributed by atoms with E-state index in [4.69, 9.17) is 16.3 Å². The van der Waals surface area contributed by atoms with Crippen LogP contribution in [-0.4, -0.2) is 14.9 Å². The number of thiazole rings is 1. The molecule has 6 nitrogen and oxygen atoms in total. The summed E-state index contributed by atoms with van der Waals surface area (Å²) in [5.41, 5.74) is 0.211. The van der Waals surface area contributed by atoms with Gasteiger partial charge in [-0.3, -0.25) is 10.1 Å². The average molecular weight is 308 g/mol. The number of nitro benzene ring substituents is 1. The van der Waals surface area contributed by atoms with Crippen LogP contribution < -0.4 is 4.74 Å². The summed E-state index contributed by atoms with van der Waals surface area (Å²) >= 11 is 6.97. The average Bonchev–Trinajstić information content (AvgIpc) is 2.84. The fraction of sp³-hybridized carbons (Fsp3) is 0. The van der Waals surface area contributed by atoms with Gasteiger partial charge < -0.3 is 4.74 Å². The molecule has 0 aliphatic carbocycles. The molecule has 0 N–H and O–H groups in total. The van der Waals surface area contributed by atoms with Gasteiger partial charge in [-0.05, 0) is 18.2 Å². The Bertz CT molecular complexity index is 805. The Kier molecular flexibility index (Phi) is 3.21. The largest absolute Gasteiger partial charge is 0.430 e. The molecule has 0 bridgehead atoms. The van der Waals surface area contributed by atoms with Crippen LogP contribution in [0.4, 0.5) is 5.69 Å². The Balaban J connectivity index is 2.12. The van der Waals surface area contributed by atoms with E-state index in [-0.39, 0.29) is 11.2 Å². The van der Waals surface area contributed by atoms with E-state index in [0.717, 1.165) is 0 Å². The number of fused-ring (bicyclic) bond motifs is 1. The van der Waals surface area contributed by atoms with Gasteiger partial charge in [0, 0.05) is 17.6 Å². The Morgan fingerprint density at radius 1 is 1.35 bits per heavy atom. The molecule has 2 aromatic heterocycles. The van der Waals surface area contributed by atoms with Gasteiger partial charge in [-0.15, -0.1) is 0 Å². The fourth-order valence-electron chi connectivity index (χ4n) is 1.75. The number of pyridine rings is 1. The second kappa shape index (κ2) is 5.03. The SMILES string of the molecule is O=[N+]([O-])c1ccc(Oc2nc(Cl)cs2)c2cccnc12. The van der Waals surface area contributed by atoms with Gasteiger partial charge in [0.05, 0.1) is 10.3 Å². The van der Waals surface area contributed by atoms with Crippen LogP contribution in [0, 0.1) is 10.1 Å². The van der Waals surface area contributed by atoms with Crippen molar-refractivity contribution in [1.82, 2.24) is 9.97 Å². The molecule has 0 atom stereocenters. The van der Waals surface area contributed by atoms with Gasteiger partial charge in [-0.2, -0.15) is 4.98 Å². The minimum absolute atomic E-state index is 0.0647. The van der Waals surface area contributed by atoms with Crippen molar-refractivity contribution in [2.75, 3.05) is 0 Å². The van der Waals surface area contributed by atoms with Crippen molar-refractivity contribution in [1.29, 1.82) is 0 Å². The third-order valence-electron chi connectivity index (χ3n) is 2.56. The van der Waals surface area contributed by atoms with E-state index in [1.807, 2.05) is 0 Å². The molecule has 2 heterocycles. The normalized spacial score (nSPS) is 10.7. The topological polar surface area (TPSA) is 78.2 Å². The van der Waals surface area contributed by atoms with E-state index < -0.39 is 4.92 Å². The second-order valence-corrected chi connectivity index (χ2v) is 4.99. The smallest absolute Gasteiger partial charge is 0.295 e. The minimum Gasteiger partial charge on any atom is -0.430 e. The second-order valence-electron chi connectivity index (χ2n) is 3.78. The number of hydrogen-bond donors (Lipinski definition) is 0. The molecule has 0 unspecified atom stereocenters. The minimum atomic E-state index is -0.473. The zero-order valence-electron chi connectivity index (χ0n) is 9.82. The highest BCUT2D eigenvalue weighted by molar-refractivity contribution is 7.11. The van der Waals surface area contributed by atoms with Crippen molar-refractivity contribution in [2.24, 2.45) is 0 Å². The number of nitrogens with zero attached hydrogens (tertiary/aromatic N) is 3. The Morgan fingerprint density at radius 3 is 2.90 bits per heavy atom. The molecule has 1 aromatic carbocycles. The molecule has 0 aliphatic rings. The predicted octanol–water partition coefficient (Wildman–Crippen LogP) is 4.05. The van der Waals surface area contributed by atoms with Gasteiger partial charge in [0.25, 0.3) is 10.9 Å². The van der Waals surface area contributed by atoms with Gasteiger partial charge in [-0.1, -0.05) is 22.9 Å². The van der Waals surface area contributed by atoms with Crippen molar-refractivity contribution >= 4 is 39.5 Å². The first-order valence-corrected chi connectivity index (χ1v) is 6.72. The maximum Gasteiger partial charge on any atom is 0.295 e. The monoisotopic (exact) mass is 307 g/mol. The molecular weight excluding hydrogens is 302 g/mol. The van der Waals surface area contributed by atoms with E-state index in [0.29, 0.717) is 21.5 Å². The molecule has 0 fully saturated rings. The van der Waals surface area contributed by atoms with Crippen LogP contribution in [0.3, 0.4) is 0 Å². The highest BCUT2D eigenvalue weighted by atomic mass is 35.5. The lowest BCUT2D eigenvalue weighted by Gasteiger charge is -2.05. The van der Waals surface area contributed by atoms with Crippen LogP contribution >= 0.6 is 22.9 Å². The van der Waals surface area contributed by atoms with Gasteiger partial charge in [0.15, 0.2) is 5.52 Å². The molecular formula is C12H6ClN3O3S. The van der Waals surface area contributed by atoms with Crippen LogP contribution in [0.1, 0.15) is 0 Å². The quantitative estimate of drug-likeness (QED) is 0.539. The highest BCUT2D eigenvalue weighted by Gasteiger charge is 2.17. The highest BCUT2D eigenvalue weighted by Crippen LogP contribution is 2.35. The van der Waals surface area contributed by atoms with E-state index in [2.05, 4.69) is 9.97 Å². The molecule has 3 aromatic rings. The first kappa shape index (κ1) is 12.8. The fourth-order valence-corrected chi connectivity index (χ4v) is 2.55. The molecule has 0 radical (unpaired) electrons. The molecule has 0 saturated heterocycles. The number of aromatic nitrogens is 2. The van der Waals surface area contributed by atoms with Crippen LogP contribution in [0.25, 0.3) is 10.9 Å². The van der Waals surface area contributed by atoms with Gasteiger partial charge >= 0.3 is 0 Å². The maximum atomic E-state index is 11.0. The summed E-state index contributed by atoms with van der Waals surface area (Å²) < 4.78 is 5.61. The molecule has 0 saturated carbocycles. The Morgan fingerprint density at radius 2 is 2.20 bits per heavy atom. The first-order chi connectivity index (χ1) is 9.65. The summed E-state index contributed by atoms with van der Waals surface area (Å²) in [6.45, 7) is 0. The van der Waals surface area contributed by atoms with E-state index in [1.54, 1.807) is 17.5 Å². The summed E-state index contributed by atoms with van der Waals surface area (Å²) in [7, 11) is 0. The first-order valence-electron chi connectivity index (χ1n) is 5.46. The summed E-state index contributed by atoms with van der Waals surface area (Å²) in [6, 6.07) is 6.28. The van der Waals surface area contributed by atoms with Crippen molar-refractivity contribution in [3.8, 4) is 10.9 Å². The zero-order chi connectivity index (χ0) is 14.1. The molecule has 0 amide bonds. The molecule has 0 spiro atoms. The van der Waals surface area contributed by atoms with Gasteiger partial charge in [-0.25, -0.2) is 4.98 Å². The standard InChI is InChI=1S/C12H6ClN3O3S/c13-10-6-20-12(15-10)19-9-4-3-8(16(17)18)11-7(9)2-1-5-14-11/h1-6H. The number of non-ortho nitro benzene ring substituents is 1. The number of ether oxygens (including phenoxy) is 1. The van der Waals surface area contributed by atoms with Crippen LogP contribution in [0.2, 0.25) is 5.15 Å². The Labute approximate surface area is 121 Å². The lowest BCUT2D eigenvalue weighted by Crippen LogP contribution is -1.93. The van der Waals surface area contributed by atoms with Crippen molar-refractivity contribution < 1.29 is 9.66 Å². The van der Waals surface area contributed by atoms with Crippen molar-refractivity contribution in [2.45, 2.75) is 0 Å². The lowest BCUT2D eigenvalue weighted by atomic mass is 10.2. The molecule has 8 heteroatoms. The molecule has 0 aliphatic heterocycles. The molecule has 3 rings (SSSR count). The number of nitro groups is 1. The summed E-state index contributed by atoms with van der Waals surface area (Å²) in [4.78, 5) is 18.5. The van der Waals surface area contributed by atoms with Crippen LogP contribution in [-0.2, 0) is 0 Å². The Hall–Kier alpha value is -2.25. The van der Waals surface area contributed by atoms with E-state index in [9.17, 15) is 10.1 Å². The lowest BCUT2D eigenvalue weighted by molar-refractivity contribution is -0.383. The van der Waals surface area contributed by atoms with Crippen molar-refractivity contribution in [3.63, 3.8) is 0 Å². The number of rotatable bonds is 3. The number of benzene rings is 1. The third-order valence-corrected chi connectivity index (χ3v) is 3.60. The zero-order valence-corrected chi connectivity index (χ0v) is 11.4. The molecule has 20 heavy (non-hydrogen) atoms. The van der Waals surface area contributed by atoms with Crippen LogP contribution in [0.15, 0.2) is 35.8 Å². The summed E-state index contributed by atoms with van der Waals surface area (Å²) in [6.07, 6.45) is 1.50. The maximum absolute atomic E-state index is 11.0. The predicted molar refractivity (Wildman–Crippen MR) is 75.6 cm³/mol. The number of hydrogen-bond acceptors (Lipinski definition) is 6. The summed E-state index contributed by atoms with van der Waals surface area (Å²) in [5, 5.41) is 13.9. The van der Waals surface area contributed by atoms with Gasteiger partial charge in [0.1, 0.15) is 10.9 Å². The number of halogens is 1. The summed E-state index contributed by atoms with van der Waals surface area (Å²) in [5.74, 6) is 0.449. The third kappa shape index (κ3) is 2.28. The van der Waals surface area contributed by atoms with E-state index in [1.165, 1.54) is 29.7 Å². The molecule has 100 valence electrons. The van der Waals surface area contributed by atoms with E-state index >= 15 is 0 Å². The van der Waals surface area contributed by atoms with Crippen molar-refractivity contribution in [3.05, 3.63) is 51.1 Å². The van der Waals surface area contributed by atoms with Crippen LogP contribution in [0.5, 0.6) is 10.9 Å². The van der Waals surface area contributed by atoms with Gasteiger partial charge in [0.2, 0.25) is 0 Å².